The maximum atomic E-state index is 11.2. The summed E-state index contributed by atoms with van der Waals surface area (Å²) in [6, 6.07) is 6.98. The van der Waals surface area contributed by atoms with Crippen LogP contribution in [0.4, 0.5) is 0 Å². The fraction of sp³-hybridized carbons (Fsp3) is 0.385. The van der Waals surface area contributed by atoms with E-state index in [1.165, 1.54) is 0 Å². The van der Waals surface area contributed by atoms with Crippen molar-refractivity contribution in [2.24, 2.45) is 5.92 Å². The Labute approximate surface area is 104 Å². The predicted octanol–water partition coefficient (Wildman–Crippen LogP) is 1.77. The second-order valence-electron chi connectivity index (χ2n) is 4.06. The van der Waals surface area contributed by atoms with Crippen LogP contribution in [0.1, 0.15) is 25.0 Å². The zero-order valence-corrected chi connectivity index (χ0v) is 9.96. The fourth-order valence-electron chi connectivity index (χ4n) is 2.02. The van der Waals surface area contributed by atoms with Gasteiger partial charge in [-0.1, -0.05) is 12.1 Å². The van der Waals surface area contributed by atoms with Crippen molar-refractivity contribution in [3.05, 3.63) is 29.8 Å². The Bertz CT molecular complexity index is 468. The van der Waals surface area contributed by atoms with Crippen LogP contribution >= 0.6 is 0 Å². The van der Waals surface area contributed by atoms with Crippen molar-refractivity contribution in [3.8, 4) is 5.75 Å². The Morgan fingerprint density at radius 3 is 3.00 bits per heavy atom. The number of cyclic esters (lactones) is 1. The maximum Gasteiger partial charge on any atom is 0.311 e. The van der Waals surface area contributed by atoms with Crippen molar-refractivity contribution in [1.29, 1.82) is 0 Å². The molecule has 1 aromatic rings. The molecule has 1 aliphatic heterocycles. The van der Waals surface area contributed by atoms with Gasteiger partial charge in [-0.2, -0.15) is 0 Å². The predicted molar refractivity (Wildman–Crippen MR) is 62.2 cm³/mol. The second-order valence-corrected chi connectivity index (χ2v) is 4.06. The Balaban J connectivity index is 2.26. The van der Waals surface area contributed by atoms with Crippen molar-refractivity contribution in [2.45, 2.75) is 19.4 Å². The minimum Gasteiger partial charge on any atom is -0.494 e. The third-order valence-electron chi connectivity index (χ3n) is 2.83. The summed E-state index contributed by atoms with van der Waals surface area (Å²) in [7, 11) is 0. The normalized spacial score (nSPS) is 22.6. The molecule has 1 fully saturated rings. The van der Waals surface area contributed by atoms with Gasteiger partial charge in [0.2, 0.25) is 0 Å². The molecule has 0 aliphatic carbocycles. The average Bonchev–Trinajstić information content (AvgIpc) is 2.72. The summed E-state index contributed by atoms with van der Waals surface area (Å²) >= 11 is 0. The van der Waals surface area contributed by atoms with Crippen LogP contribution in [0, 0.1) is 5.92 Å². The molecule has 1 N–H and O–H groups in total. The minimum absolute atomic E-state index is 0.0845. The number of benzene rings is 1. The molecular formula is C13H14O5. The second kappa shape index (κ2) is 5.08. The van der Waals surface area contributed by atoms with Crippen molar-refractivity contribution < 1.29 is 24.2 Å². The summed E-state index contributed by atoms with van der Waals surface area (Å²) in [4.78, 5) is 22.3. The number of carbonyl (C=O) groups is 2. The highest BCUT2D eigenvalue weighted by Crippen LogP contribution is 2.36. The molecule has 0 aromatic heterocycles. The number of hydrogen-bond acceptors (Lipinski definition) is 4. The Hall–Kier alpha value is -2.04. The first-order valence-electron chi connectivity index (χ1n) is 5.77. The number of hydrogen-bond donors (Lipinski definition) is 1. The fourth-order valence-corrected chi connectivity index (χ4v) is 2.02. The molecule has 2 rings (SSSR count). The van der Waals surface area contributed by atoms with Gasteiger partial charge >= 0.3 is 11.9 Å². The maximum absolute atomic E-state index is 11.2. The van der Waals surface area contributed by atoms with E-state index in [4.69, 9.17) is 14.6 Å². The van der Waals surface area contributed by atoms with Crippen molar-refractivity contribution in [3.63, 3.8) is 0 Å². The molecule has 18 heavy (non-hydrogen) atoms. The molecule has 1 saturated heterocycles. The highest BCUT2D eigenvalue weighted by atomic mass is 16.6. The molecule has 0 saturated carbocycles. The first-order valence-corrected chi connectivity index (χ1v) is 5.77. The topological polar surface area (TPSA) is 72.8 Å². The van der Waals surface area contributed by atoms with Gasteiger partial charge in [-0.15, -0.1) is 0 Å². The summed E-state index contributed by atoms with van der Waals surface area (Å²) in [6.07, 6.45) is -0.811. The Morgan fingerprint density at radius 1 is 1.56 bits per heavy atom. The largest absolute Gasteiger partial charge is 0.494 e. The van der Waals surface area contributed by atoms with E-state index in [0.29, 0.717) is 17.9 Å². The van der Waals surface area contributed by atoms with Crippen LogP contribution in [0.2, 0.25) is 0 Å². The van der Waals surface area contributed by atoms with Crippen molar-refractivity contribution >= 4 is 11.9 Å². The van der Waals surface area contributed by atoms with Gasteiger partial charge in [0.15, 0.2) is 0 Å². The van der Waals surface area contributed by atoms with Gasteiger partial charge in [-0.05, 0) is 24.6 Å². The van der Waals surface area contributed by atoms with Gasteiger partial charge in [0.25, 0.3) is 0 Å². The monoisotopic (exact) mass is 250 g/mol. The zero-order valence-electron chi connectivity index (χ0n) is 9.96. The standard InChI is InChI=1S/C13H14O5/c1-2-17-9-5-3-4-8(6-9)12-10(13(15)16)7-11(14)18-12/h3-6,10,12H,2,7H2,1H3,(H,15,16)/t10-,12-/m1/s1. The molecule has 0 radical (unpaired) electrons. The van der Waals surface area contributed by atoms with E-state index < -0.39 is 24.0 Å². The van der Waals surface area contributed by atoms with Crippen molar-refractivity contribution in [1.82, 2.24) is 0 Å². The molecule has 1 aliphatic rings. The number of aliphatic carboxylic acids is 1. The molecule has 5 heteroatoms. The van der Waals surface area contributed by atoms with Crippen LogP contribution in [0.5, 0.6) is 5.75 Å². The third kappa shape index (κ3) is 2.45. The molecule has 2 atom stereocenters. The van der Waals surface area contributed by atoms with Crippen LogP contribution in [-0.2, 0) is 14.3 Å². The highest BCUT2D eigenvalue weighted by Gasteiger charge is 2.40. The van der Waals surface area contributed by atoms with E-state index in [9.17, 15) is 9.59 Å². The number of rotatable bonds is 4. The zero-order chi connectivity index (χ0) is 13.1. The van der Waals surface area contributed by atoms with Gasteiger partial charge in [0.1, 0.15) is 17.8 Å². The molecule has 0 bridgehead atoms. The van der Waals surface area contributed by atoms with Gasteiger partial charge in [0, 0.05) is 0 Å². The molecule has 1 aromatic carbocycles. The lowest BCUT2D eigenvalue weighted by Gasteiger charge is -2.15. The van der Waals surface area contributed by atoms with Crippen LogP contribution in [-0.4, -0.2) is 23.7 Å². The molecule has 0 amide bonds. The van der Waals surface area contributed by atoms with Gasteiger partial charge in [-0.3, -0.25) is 9.59 Å². The van der Waals surface area contributed by atoms with E-state index >= 15 is 0 Å². The first-order chi connectivity index (χ1) is 8.61. The van der Waals surface area contributed by atoms with Gasteiger partial charge < -0.3 is 14.6 Å². The average molecular weight is 250 g/mol. The lowest BCUT2D eigenvalue weighted by Crippen LogP contribution is -2.17. The van der Waals surface area contributed by atoms with E-state index in [2.05, 4.69) is 0 Å². The number of ether oxygens (including phenoxy) is 2. The van der Waals surface area contributed by atoms with Crippen LogP contribution in [0.25, 0.3) is 0 Å². The smallest absolute Gasteiger partial charge is 0.311 e. The molecule has 0 spiro atoms. The van der Waals surface area contributed by atoms with Crippen LogP contribution < -0.4 is 4.74 Å². The molecule has 96 valence electrons. The van der Waals surface area contributed by atoms with Gasteiger partial charge in [0.05, 0.1) is 13.0 Å². The summed E-state index contributed by atoms with van der Waals surface area (Å²) in [5.41, 5.74) is 0.652. The summed E-state index contributed by atoms with van der Waals surface area (Å²) in [5, 5.41) is 9.07. The van der Waals surface area contributed by atoms with E-state index in [1.54, 1.807) is 24.3 Å². The van der Waals surface area contributed by atoms with Crippen LogP contribution in [0.3, 0.4) is 0 Å². The van der Waals surface area contributed by atoms with Gasteiger partial charge in [-0.25, -0.2) is 0 Å². The first kappa shape index (κ1) is 12.4. The molecular weight excluding hydrogens is 236 g/mol. The van der Waals surface area contributed by atoms with E-state index in [-0.39, 0.29) is 6.42 Å². The molecule has 5 nitrogen and oxygen atoms in total. The Kier molecular flexibility index (Phi) is 3.50. The lowest BCUT2D eigenvalue weighted by atomic mass is 9.95. The quantitative estimate of drug-likeness (QED) is 0.824. The van der Waals surface area contributed by atoms with E-state index in [0.717, 1.165) is 0 Å². The van der Waals surface area contributed by atoms with Crippen molar-refractivity contribution in [2.75, 3.05) is 6.61 Å². The third-order valence-corrected chi connectivity index (χ3v) is 2.83. The SMILES string of the molecule is CCOc1cccc([C@H]2OC(=O)C[C@H]2C(=O)O)c1. The van der Waals surface area contributed by atoms with E-state index in [1.807, 2.05) is 6.92 Å². The highest BCUT2D eigenvalue weighted by molar-refractivity contribution is 5.82. The lowest BCUT2D eigenvalue weighted by molar-refractivity contribution is -0.144. The Morgan fingerprint density at radius 2 is 2.33 bits per heavy atom. The van der Waals surface area contributed by atoms with Crippen LogP contribution in [0.15, 0.2) is 24.3 Å². The number of carboxylic acids is 1. The summed E-state index contributed by atoms with van der Waals surface area (Å²) in [6.45, 7) is 2.39. The minimum atomic E-state index is -1.02. The summed E-state index contributed by atoms with van der Waals surface area (Å²) < 4.78 is 10.4. The number of carbonyl (C=O) groups excluding carboxylic acids is 1. The summed E-state index contributed by atoms with van der Waals surface area (Å²) in [5.74, 6) is -1.68. The molecule has 1 heterocycles. The number of esters is 1. The molecule has 0 unspecified atom stereocenters. The number of carboxylic acid groups (broad SMARTS) is 1.